The molecule has 0 saturated carbocycles. The average molecular weight is 258 g/mol. The predicted octanol–water partition coefficient (Wildman–Crippen LogP) is 0.951. The number of likely N-dealkylation sites (tertiary alicyclic amines) is 1. The molecule has 1 fully saturated rings. The Labute approximate surface area is 112 Å². The fourth-order valence-electron chi connectivity index (χ4n) is 2.61. The largest absolute Gasteiger partial charge is 0.390 e. The van der Waals surface area contributed by atoms with Crippen molar-refractivity contribution in [2.24, 2.45) is 11.8 Å². The van der Waals surface area contributed by atoms with Gasteiger partial charge in [-0.2, -0.15) is 0 Å². The lowest BCUT2D eigenvalue weighted by Crippen LogP contribution is -2.43. The SMILES string of the molecule is COCCNCC(O)CN1CCC(C(C)C)CC1. The van der Waals surface area contributed by atoms with Crippen molar-refractivity contribution in [3.63, 3.8) is 0 Å². The topological polar surface area (TPSA) is 44.7 Å². The molecule has 4 heteroatoms. The van der Waals surface area contributed by atoms with Crippen LogP contribution in [0.2, 0.25) is 0 Å². The molecular weight excluding hydrogens is 228 g/mol. The Hall–Kier alpha value is -0.160. The lowest BCUT2D eigenvalue weighted by Gasteiger charge is -2.34. The van der Waals surface area contributed by atoms with Crippen LogP contribution in [-0.4, -0.2) is 62.6 Å². The van der Waals surface area contributed by atoms with Crippen LogP contribution in [-0.2, 0) is 4.74 Å². The normalized spacial score (nSPS) is 20.5. The summed E-state index contributed by atoms with van der Waals surface area (Å²) >= 11 is 0. The highest BCUT2D eigenvalue weighted by molar-refractivity contribution is 4.76. The molecule has 0 aromatic carbocycles. The van der Waals surface area contributed by atoms with Crippen molar-refractivity contribution < 1.29 is 9.84 Å². The van der Waals surface area contributed by atoms with Gasteiger partial charge in [-0.3, -0.25) is 0 Å². The molecular formula is C14H30N2O2. The first-order chi connectivity index (χ1) is 8.63. The molecule has 18 heavy (non-hydrogen) atoms. The molecule has 0 spiro atoms. The second-order valence-corrected chi connectivity index (χ2v) is 5.73. The van der Waals surface area contributed by atoms with Crippen molar-refractivity contribution in [2.75, 3.05) is 46.4 Å². The van der Waals surface area contributed by atoms with Gasteiger partial charge in [-0.25, -0.2) is 0 Å². The highest BCUT2D eigenvalue weighted by atomic mass is 16.5. The average Bonchev–Trinajstić information content (AvgIpc) is 2.35. The molecule has 0 aromatic heterocycles. The quantitative estimate of drug-likeness (QED) is 0.636. The number of nitrogens with zero attached hydrogens (tertiary/aromatic N) is 1. The fraction of sp³-hybridized carbons (Fsp3) is 1.00. The van der Waals surface area contributed by atoms with Crippen LogP contribution < -0.4 is 5.32 Å². The van der Waals surface area contributed by atoms with Gasteiger partial charge in [-0.05, 0) is 37.8 Å². The van der Waals surface area contributed by atoms with E-state index < -0.39 is 0 Å². The van der Waals surface area contributed by atoms with E-state index in [9.17, 15) is 5.11 Å². The van der Waals surface area contributed by atoms with Gasteiger partial charge >= 0.3 is 0 Å². The van der Waals surface area contributed by atoms with E-state index in [2.05, 4.69) is 24.1 Å². The number of piperidine rings is 1. The van der Waals surface area contributed by atoms with E-state index in [1.165, 1.54) is 12.8 Å². The van der Waals surface area contributed by atoms with Crippen LogP contribution in [0.3, 0.4) is 0 Å². The Kier molecular flexibility index (Phi) is 7.82. The molecule has 0 amide bonds. The molecule has 4 nitrogen and oxygen atoms in total. The molecule has 1 aliphatic rings. The van der Waals surface area contributed by atoms with Gasteiger partial charge in [0.1, 0.15) is 0 Å². The van der Waals surface area contributed by atoms with Gasteiger partial charge in [0.25, 0.3) is 0 Å². The first kappa shape index (κ1) is 15.9. The lowest BCUT2D eigenvalue weighted by atomic mass is 9.86. The summed E-state index contributed by atoms with van der Waals surface area (Å²) in [6.45, 7) is 9.87. The van der Waals surface area contributed by atoms with Gasteiger partial charge in [0.05, 0.1) is 12.7 Å². The number of hydrogen-bond donors (Lipinski definition) is 2. The lowest BCUT2D eigenvalue weighted by molar-refractivity contribution is 0.0801. The van der Waals surface area contributed by atoms with E-state index in [0.717, 1.165) is 38.0 Å². The molecule has 1 rings (SSSR count). The number of nitrogens with one attached hydrogen (secondary N) is 1. The fourth-order valence-corrected chi connectivity index (χ4v) is 2.61. The Morgan fingerprint density at radius 1 is 1.33 bits per heavy atom. The molecule has 0 aliphatic carbocycles. The summed E-state index contributed by atoms with van der Waals surface area (Å²) in [6, 6.07) is 0. The van der Waals surface area contributed by atoms with Gasteiger partial charge in [0, 0.05) is 26.7 Å². The van der Waals surface area contributed by atoms with E-state index in [4.69, 9.17) is 4.74 Å². The van der Waals surface area contributed by atoms with Gasteiger partial charge in [-0.1, -0.05) is 13.8 Å². The Morgan fingerprint density at radius 3 is 2.56 bits per heavy atom. The molecule has 108 valence electrons. The monoisotopic (exact) mass is 258 g/mol. The van der Waals surface area contributed by atoms with E-state index >= 15 is 0 Å². The molecule has 0 radical (unpaired) electrons. The van der Waals surface area contributed by atoms with Crippen molar-refractivity contribution in [3.8, 4) is 0 Å². The minimum absolute atomic E-state index is 0.266. The standard InChI is InChI=1S/C14H30N2O2/c1-12(2)13-4-7-16(8-5-13)11-14(17)10-15-6-9-18-3/h12-15,17H,4-11H2,1-3H3. The minimum Gasteiger partial charge on any atom is -0.390 e. The Bertz CT molecular complexity index is 204. The summed E-state index contributed by atoms with van der Waals surface area (Å²) in [5, 5.41) is 13.1. The van der Waals surface area contributed by atoms with Crippen LogP contribution in [0.5, 0.6) is 0 Å². The van der Waals surface area contributed by atoms with Gasteiger partial charge in [0.15, 0.2) is 0 Å². The van der Waals surface area contributed by atoms with E-state index in [1.54, 1.807) is 7.11 Å². The molecule has 1 unspecified atom stereocenters. The van der Waals surface area contributed by atoms with E-state index in [1.807, 2.05) is 0 Å². The molecule has 2 N–H and O–H groups in total. The van der Waals surface area contributed by atoms with Crippen molar-refractivity contribution >= 4 is 0 Å². The summed E-state index contributed by atoms with van der Waals surface area (Å²) < 4.78 is 4.95. The number of aliphatic hydroxyl groups is 1. The third kappa shape index (κ3) is 6.14. The highest BCUT2D eigenvalue weighted by Crippen LogP contribution is 2.24. The first-order valence-electron chi connectivity index (χ1n) is 7.23. The molecule has 1 saturated heterocycles. The molecule has 1 aliphatic heterocycles. The van der Waals surface area contributed by atoms with Crippen molar-refractivity contribution in [1.29, 1.82) is 0 Å². The third-order valence-corrected chi connectivity index (χ3v) is 3.91. The summed E-state index contributed by atoms with van der Waals surface area (Å²) in [6.07, 6.45) is 2.29. The van der Waals surface area contributed by atoms with Crippen LogP contribution in [0, 0.1) is 11.8 Å². The van der Waals surface area contributed by atoms with E-state index in [-0.39, 0.29) is 6.10 Å². The smallest absolute Gasteiger partial charge is 0.0791 e. The molecule has 0 bridgehead atoms. The van der Waals surface area contributed by atoms with E-state index in [0.29, 0.717) is 13.2 Å². The third-order valence-electron chi connectivity index (χ3n) is 3.91. The number of rotatable bonds is 8. The molecule has 1 atom stereocenters. The minimum atomic E-state index is -0.266. The van der Waals surface area contributed by atoms with Crippen LogP contribution >= 0.6 is 0 Å². The second kappa shape index (κ2) is 8.86. The summed E-state index contributed by atoms with van der Waals surface area (Å²) in [5.74, 6) is 1.67. The molecule has 1 heterocycles. The van der Waals surface area contributed by atoms with Crippen LogP contribution in [0.25, 0.3) is 0 Å². The Balaban J connectivity index is 2.08. The van der Waals surface area contributed by atoms with Gasteiger partial charge < -0.3 is 20.1 Å². The number of hydrogen-bond acceptors (Lipinski definition) is 4. The maximum Gasteiger partial charge on any atom is 0.0791 e. The van der Waals surface area contributed by atoms with Crippen LogP contribution in [0.4, 0.5) is 0 Å². The summed E-state index contributed by atoms with van der Waals surface area (Å²) in [5.41, 5.74) is 0. The number of methoxy groups -OCH3 is 1. The second-order valence-electron chi connectivity index (χ2n) is 5.73. The van der Waals surface area contributed by atoms with Crippen molar-refractivity contribution in [2.45, 2.75) is 32.8 Å². The zero-order chi connectivity index (χ0) is 13.4. The first-order valence-corrected chi connectivity index (χ1v) is 7.23. The van der Waals surface area contributed by atoms with Gasteiger partial charge in [-0.15, -0.1) is 0 Å². The summed E-state index contributed by atoms with van der Waals surface area (Å²) in [7, 11) is 1.69. The highest BCUT2D eigenvalue weighted by Gasteiger charge is 2.22. The predicted molar refractivity (Wildman–Crippen MR) is 74.8 cm³/mol. The van der Waals surface area contributed by atoms with Crippen molar-refractivity contribution in [1.82, 2.24) is 10.2 Å². The van der Waals surface area contributed by atoms with Crippen molar-refractivity contribution in [3.05, 3.63) is 0 Å². The van der Waals surface area contributed by atoms with Crippen LogP contribution in [0.15, 0.2) is 0 Å². The maximum absolute atomic E-state index is 9.93. The van der Waals surface area contributed by atoms with Gasteiger partial charge in [0.2, 0.25) is 0 Å². The maximum atomic E-state index is 9.93. The zero-order valence-electron chi connectivity index (χ0n) is 12.2. The van der Waals surface area contributed by atoms with Crippen LogP contribution in [0.1, 0.15) is 26.7 Å². The number of aliphatic hydroxyl groups excluding tert-OH is 1. The number of β-amino-alcohol motifs (C(OH)–C–C–N with tert-alkyl or cyclic N) is 1. The number of ether oxygens (including phenoxy) is 1. The Morgan fingerprint density at radius 2 is 2.00 bits per heavy atom. The molecule has 0 aromatic rings. The zero-order valence-corrected chi connectivity index (χ0v) is 12.2. The summed E-state index contributed by atoms with van der Waals surface area (Å²) in [4.78, 5) is 2.39.